The minimum Gasteiger partial charge on any atom is -2.00 e. The summed E-state index contributed by atoms with van der Waals surface area (Å²) in [6.45, 7) is 0. The Bertz CT molecular complexity index is 10.8. The Hall–Kier alpha value is 1.79. The van der Waals surface area contributed by atoms with Crippen molar-refractivity contribution in [2.75, 3.05) is 0 Å². The zero-order valence-corrected chi connectivity index (χ0v) is 8.58. The van der Waals surface area contributed by atoms with Gasteiger partial charge < -0.3 is 16.4 Å². The monoisotopic (exact) mass is 191 g/mol. The molecule has 0 amide bonds. The van der Waals surface area contributed by atoms with Crippen LogP contribution in [0, 0.1) is 0 Å². The summed E-state index contributed by atoms with van der Waals surface area (Å²) in [7, 11) is 0. The van der Waals surface area contributed by atoms with Crippen LogP contribution >= 0.6 is 0 Å². The van der Waals surface area contributed by atoms with Crippen LogP contribution in [0.5, 0.6) is 0 Å². The first-order valence-electron chi connectivity index (χ1n) is 0. The number of hydrogen-bond donors (Lipinski definition) is 0. The van der Waals surface area contributed by atoms with Gasteiger partial charge in [0.2, 0.25) is 0 Å². The largest absolute Gasteiger partial charge is 2.00 e. The Morgan fingerprint density at radius 1 is 0.667 bits per heavy atom. The molecule has 0 spiro atoms. The third-order valence-electron chi connectivity index (χ3n) is 0. The second-order valence-corrected chi connectivity index (χ2v) is 0. The molecule has 0 aliphatic carbocycles. The third kappa shape index (κ3) is 41.5. The maximum atomic E-state index is 0. The van der Waals surface area contributed by atoms with Gasteiger partial charge in [0, 0.05) is 0 Å². The maximum absolute atomic E-state index is 0. The summed E-state index contributed by atoms with van der Waals surface area (Å²) in [5.74, 6) is 0. The van der Waals surface area contributed by atoms with E-state index < -0.39 is 0 Å². The van der Waals surface area contributed by atoms with Crippen molar-refractivity contribution in [1.82, 2.24) is 0 Å². The molecule has 0 aliphatic rings. The maximum Gasteiger partial charge on any atom is 2.00 e. The molecule has 29 valence electrons. The Kier molecular flexibility index (Phi) is 1330. The van der Waals surface area contributed by atoms with Crippen LogP contribution in [0.1, 0.15) is 0 Å². The first-order valence-corrected chi connectivity index (χ1v) is 0. The molecule has 6 heavy (non-hydrogen) atoms. The van der Waals surface area contributed by atoms with Crippen molar-refractivity contribution in [1.29, 1.82) is 0 Å². The van der Waals surface area contributed by atoms with E-state index in [0.29, 0.717) is 0 Å². The molecule has 0 aromatic carbocycles. The summed E-state index contributed by atoms with van der Waals surface area (Å²) >= 11 is 0. The zero-order valence-electron chi connectivity index (χ0n) is 3.02. The van der Waals surface area contributed by atoms with Gasteiger partial charge in [-0.25, -0.2) is 0 Å². The van der Waals surface area contributed by atoms with E-state index in [4.69, 9.17) is 0 Å². The third-order valence-corrected chi connectivity index (χ3v) is 0. The van der Waals surface area contributed by atoms with Crippen molar-refractivity contribution in [3.63, 3.8) is 0 Å². The first kappa shape index (κ1) is 112. The van der Waals surface area contributed by atoms with E-state index >= 15 is 0 Å². The predicted molar refractivity (Wildman–Crippen MR) is 7.81 cm³/mol. The summed E-state index contributed by atoms with van der Waals surface area (Å²) in [4.78, 5) is 0. The Morgan fingerprint density at radius 2 is 0.667 bits per heavy atom. The van der Waals surface area contributed by atoms with Gasteiger partial charge in [0.05, 0.1) is 0 Å². The minimum atomic E-state index is 0. The molecule has 0 atom stereocenters. The van der Waals surface area contributed by atoms with Gasteiger partial charge in [0.15, 0.2) is 0 Å². The van der Waals surface area contributed by atoms with E-state index in [0.717, 1.165) is 0 Å². The molecule has 0 N–H and O–H groups in total. The molecule has 3 nitrogen and oxygen atoms in total. The molecule has 0 rings (SSSR count). The fourth-order valence-corrected chi connectivity index (χ4v) is 0. The smallest absolute Gasteiger partial charge is 2.00 e. The van der Waals surface area contributed by atoms with E-state index in [1.807, 2.05) is 0 Å². The van der Waals surface area contributed by atoms with Gasteiger partial charge in [-0.05, 0) is 0 Å². The fourth-order valence-electron chi connectivity index (χ4n) is 0. The van der Waals surface area contributed by atoms with Crippen LogP contribution in [0.3, 0.4) is 0 Å². The van der Waals surface area contributed by atoms with Gasteiger partial charge >= 0.3 is 59.6 Å². The number of rotatable bonds is 0. The molecular formula is MgMnO3Zn. The molecule has 0 saturated carbocycles. The van der Waals surface area contributed by atoms with Gasteiger partial charge in [0.25, 0.3) is 0 Å². The van der Waals surface area contributed by atoms with Crippen molar-refractivity contribution < 1.29 is 53.0 Å². The van der Waals surface area contributed by atoms with Gasteiger partial charge in [-0.3, -0.25) is 0 Å². The normalized spacial score (nSPS) is 0. The Balaban J connectivity index is 0. The summed E-state index contributed by atoms with van der Waals surface area (Å²) < 4.78 is 0. The zero-order chi connectivity index (χ0) is 0. The van der Waals surface area contributed by atoms with E-state index in [-0.39, 0.29) is 76.0 Å². The van der Waals surface area contributed by atoms with Crippen LogP contribution < -0.4 is 0 Å². The quantitative estimate of drug-likeness (QED) is 0.453. The molecule has 1 radical (unpaired) electrons. The predicted octanol–water partition coefficient (Wildman–Crippen LogP) is -0.742. The van der Waals surface area contributed by atoms with Crippen molar-refractivity contribution >= 4 is 23.1 Å². The molecule has 0 saturated heterocycles. The van der Waals surface area contributed by atoms with Gasteiger partial charge in [-0.1, -0.05) is 0 Å². The second-order valence-electron chi connectivity index (χ2n) is 0. The summed E-state index contributed by atoms with van der Waals surface area (Å²) in [6, 6.07) is 0. The molecule has 0 aromatic heterocycles. The van der Waals surface area contributed by atoms with Gasteiger partial charge in [-0.2, -0.15) is 0 Å². The fraction of sp³-hybridized carbons (Fsp3) is 0. The van der Waals surface area contributed by atoms with Crippen molar-refractivity contribution in [3.8, 4) is 0 Å². The summed E-state index contributed by atoms with van der Waals surface area (Å²) in [6.07, 6.45) is 0. The topological polar surface area (TPSA) is 85.5 Å². The summed E-state index contributed by atoms with van der Waals surface area (Å²) in [5, 5.41) is 0. The van der Waals surface area contributed by atoms with Crippen molar-refractivity contribution in [2.45, 2.75) is 0 Å². The van der Waals surface area contributed by atoms with Crippen LogP contribution in [0.15, 0.2) is 0 Å². The molecule has 0 heterocycles. The molecular weight excluding hydrogens is 193 g/mol. The molecule has 0 aliphatic heterocycles. The van der Waals surface area contributed by atoms with Crippen molar-refractivity contribution in [2.24, 2.45) is 0 Å². The standard InChI is InChI=1S/Mg.Mn.3O.Zn/q2*+2;3*-2;+2. The van der Waals surface area contributed by atoms with E-state index in [9.17, 15) is 0 Å². The Labute approximate surface area is 75.6 Å². The van der Waals surface area contributed by atoms with Crippen LogP contribution in [0.4, 0.5) is 0 Å². The van der Waals surface area contributed by atoms with E-state index in [1.165, 1.54) is 0 Å². The molecule has 6 heteroatoms. The van der Waals surface area contributed by atoms with E-state index in [2.05, 4.69) is 0 Å². The molecule has 0 unspecified atom stereocenters. The molecule has 0 fully saturated rings. The van der Waals surface area contributed by atoms with Crippen molar-refractivity contribution in [3.05, 3.63) is 0 Å². The van der Waals surface area contributed by atoms with Crippen LogP contribution in [0.25, 0.3) is 0 Å². The number of hydrogen-bond acceptors (Lipinski definition) is 0. The van der Waals surface area contributed by atoms with Crippen LogP contribution in [0.2, 0.25) is 0 Å². The molecule has 0 aromatic rings. The van der Waals surface area contributed by atoms with Crippen LogP contribution in [-0.4, -0.2) is 23.1 Å². The first-order chi connectivity index (χ1) is 0. The SMILES string of the molecule is [Mg+2].[Mn+2].[O-2].[O-2].[O-2].[Zn+2]. The van der Waals surface area contributed by atoms with E-state index in [1.54, 1.807) is 0 Å². The van der Waals surface area contributed by atoms with Gasteiger partial charge in [-0.15, -0.1) is 0 Å². The minimum absolute atomic E-state index is 0. The summed E-state index contributed by atoms with van der Waals surface area (Å²) in [5.41, 5.74) is 0. The average Bonchev–Trinajstić information content (AvgIpc) is 0. The Morgan fingerprint density at radius 3 is 0.667 bits per heavy atom. The second kappa shape index (κ2) is 71.1. The van der Waals surface area contributed by atoms with Gasteiger partial charge in [0.1, 0.15) is 0 Å². The molecule has 0 bridgehead atoms. The average molecular weight is 193 g/mol. The van der Waals surface area contributed by atoms with Crippen LogP contribution in [-0.2, 0) is 53.0 Å².